The van der Waals surface area contributed by atoms with Crippen LogP contribution in [0, 0.1) is 12.3 Å². The molecular formula is C11H18N2O. The Labute approximate surface area is 85.9 Å². The molecule has 1 saturated heterocycles. The van der Waals surface area contributed by atoms with E-state index in [0.29, 0.717) is 13.1 Å². The summed E-state index contributed by atoms with van der Waals surface area (Å²) >= 11 is 0. The van der Waals surface area contributed by atoms with Crippen molar-refractivity contribution < 1.29 is 4.79 Å². The average molecular weight is 194 g/mol. The summed E-state index contributed by atoms with van der Waals surface area (Å²) in [7, 11) is 0. The van der Waals surface area contributed by atoms with Gasteiger partial charge in [-0.05, 0) is 12.8 Å². The van der Waals surface area contributed by atoms with Crippen LogP contribution in [0.2, 0.25) is 0 Å². The van der Waals surface area contributed by atoms with Crippen LogP contribution in [0.15, 0.2) is 0 Å². The number of terminal acetylenes is 1. The molecule has 0 radical (unpaired) electrons. The van der Waals surface area contributed by atoms with Crippen LogP contribution in [-0.2, 0) is 4.79 Å². The second-order valence-corrected chi connectivity index (χ2v) is 3.60. The first kappa shape index (κ1) is 11.1. The van der Waals surface area contributed by atoms with Crippen LogP contribution in [0.5, 0.6) is 0 Å². The Morgan fingerprint density at radius 2 is 1.93 bits per heavy atom. The van der Waals surface area contributed by atoms with Crippen molar-refractivity contribution in [1.29, 1.82) is 0 Å². The standard InChI is InChI=1S/C11H18N2O/c1-2-7-12-10-11(14)13-8-5-3-4-6-9-13/h1,12H,3-10H2. The van der Waals surface area contributed by atoms with E-state index in [1.807, 2.05) is 4.90 Å². The maximum absolute atomic E-state index is 11.6. The molecule has 1 rings (SSSR count). The van der Waals surface area contributed by atoms with Crippen molar-refractivity contribution in [3.8, 4) is 12.3 Å². The summed E-state index contributed by atoms with van der Waals surface area (Å²) in [5.41, 5.74) is 0. The molecule has 0 atom stereocenters. The van der Waals surface area contributed by atoms with E-state index in [2.05, 4.69) is 11.2 Å². The summed E-state index contributed by atoms with van der Waals surface area (Å²) in [6, 6.07) is 0. The second-order valence-electron chi connectivity index (χ2n) is 3.60. The number of hydrogen-bond donors (Lipinski definition) is 1. The minimum Gasteiger partial charge on any atom is -0.342 e. The maximum Gasteiger partial charge on any atom is 0.236 e. The van der Waals surface area contributed by atoms with E-state index in [4.69, 9.17) is 6.42 Å². The van der Waals surface area contributed by atoms with E-state index in [9.17, 15) is 4.79 Å². The van der Waals surface area contributed by atoms with E-state index in [1.54, 1.807) is 0 Å². The van der Waals surface area contributed by atoms with Gasteiger partial charge >= 0.3 is 0 Å². The summed E-state index contributed by atoms with van der Waals surface area (Å²) < 4.78 is 0. The topological polar surface area (TPSA) is 32.3 Å². The first-order valence-electron chi connectivity index (χ1n) is 5.26. The fraction of sp³-hybridized carbons (Fsp3) is 0.727. The number of amides is 1. The number of hydrogen-bond acceptors (Lipinski definition) is 2. The molecular weight excluding hydrogens is 176 g/mol. The monoisotopic (exact) mass is 194 g/mol. The normalized spacial score (nSPS) is 17.2. The van der Waals surface area contributed by atoms with Crippen LogP contribution in [0.25, 0.3) is 0 Å². The van der Waals surface area contributed by atoms with Crippen molar-refractivity contribution in [2.75, 3.05) is 26.2 Å². The Morgan fingerprint density at radius 3 is 2.50 bits per heavy atom. The van der Waals surface area contributed by atoms with Gasteiger partial charge in [-0.3, -0.25) is 10.1 Å². The van der Waals surface area contributed by atoms with Crippen molar-refractivity contribution in [3.05, 3.63) is 0 Å². The van der Waals surface area contributed by atoms with Gasteiger partial charge in [0.2, 0.25) is 5.91 Å². The third-order valence-electron chi connectivity index (χ3n) is 2.46. The highest BCUT2D eigenvalue weighted by Gasteiger charge is 2.14. The average Bonchev–Trinajstić information content (AvgIpc) is 2.46. The highest BCUT2D eigenvalue weighted by Crippen LogP contribution is 2.09. The summed E-state index contributed by atoms with van der Waals surface area (Å²) in [4.78, 5) is 13.6. The Bertz CT molecular complexity index is 212. The molecule has 14 heavy (non-hydrogen) atoms. The molecule has 1 N–H and O–H groups in total. The molecule has 0 bridgehead atoms. The zero-order valence-corrected chi connectivity index (χ0v) is 8.59. The molecule has 1 heterocycles. The van der Waals surface area contributed by atoms with Gasteiger partial charge in [0.15, 0.2) is 0 Å². The molecule has 1 amide bonds. The number of rotatable bonds is 3. The van der Waals surface area contributed by atoms with Gasteiger partial charge in [0.05, 0.1) is 13.1 Å². The van der Waals surface area contributed by atoms with Gasteiger partial charge in [0, 0.05) is 13.1 Å². The van der Waals surface area contributed by atoms with Gasteiger partial charge in [-0.2, -0.15) is 0 Å². The van der Waals surface area contributed by atoms with Gasteiger partial charge < -0.3 is 4.90 Å². The molecule has 1 fully saturated rings. The number of carbonyl (C=O) groups excluding carboxylic acids is 1. The highest BCUT2D eigenvalue weighted by molar-refractivity contribution is 5.78. The molecule has 1 aliphatic heterocycles. The van der Waals surface area contributed by atoms with Crippen molar-refractivity contribution in [2.45, 2.75) is 25.7 Å². The lowest BCUT2D eigenvalue weighted by Gasteiger charge is -2.20. The number of nitrogens with zero attached hydrogens (tertiary/aromatic N) is 1. The molecule has 78 valence electrons. The van der Waals surface area contributed by atoms with Gasteiger partial charge in [-0.1, -0.05) is 18.8 Å². The molecule has 3 heteroatoms. The van der Waals surface area contributed by atoms with Crippen LogP contribution in [0.3, 0.4) is 0 Å². The van der Waals surface area contributed by atoms with Crippen LogP contribution in [-0.4, -0.2) is 37.0 Å². The SMILES string of the molecule is C#CCNCC(=O)N1CCCCCC1. The molecule has 0 aliphatic carbocycles. The largest absolute Gasteiger partial charge is 0.342 e. The minimum atomic E-state index is 0.183. The molecule has 0 aromatic rings. The minimum absolute atomic E-state index is 0.183. The lowest BCUT2D eigenvalue weighted by atomic mass is 10.2. The Hall–Kier alpha value is -1.01. The van der Waals surface area contributed by atoms with Crippen molar-refractivity contribution in [1.82, 2.24) is 10.2 Å². The Balaban J connectivity index is 2.24. The fourth-order valence-electron chi connectivity index (χ4n) is 1.67. The number of nitrogens with one attached hydrogen (secondary N) is 1. The van der Waals surface area contributed by atoms with Crippen LogP contribution >= 0.6 is 0 Å². The summed E-state index contributed by atoms with van der Waals surface area (Å²) in [5, 5.41) is 2.93. The smallest absolute Gasteiger partial charge is 0.236 e. The van der Waals surface area contributed by atoms with Crippen LogP contribution < -0.4 is 5.32 Å². The predicted molar refractivity (Wildman–Crippen MR) is 56.8 cm³/mol. The molecule has 0 aromatic heterocycles. The van der Waals surface area contributed by atoms with Gasteiger partial charge in [-0.25, -0.2) is 0 Å². The van der Waals surface area contributed by atoms with Crippen molar-refractivity contribution >= 4 is 5.91 Å². The quantitative estimate of drug-likeness (QED) is 0.527. The van der Waals surface area contributed by atoms with Crippen molar-refractivity contribution in [3.63, 3.8) is 0 Å². The zero-order valence-electron chi connectivity index (χ0n) is 8.59. The van der Waals surface area contributed by atoms with Gasteiger partial charge in [0.1, 0.15) is 0 Å². The van der Waals surface area contributed by atoms with Crippen molar-refractivity contribution in [2.24, 2.45) is 0 Å². The van der Waals surface area contributed by atoms with Crippen LogP contribution in [0.1, 0.15) is 25.7 Å². The molecule has 3 nitrogen and oxygen atoms in total. The van der Waals surface area contributed by atoms with E-state index < -0.39 is 0 Å². The number of carbonyl (C=O) groups is 1. The molecule has 0 unspecified atom stereocenters. The summed E-state index contributed by atoms with van der Waals surface area (Å²) in [6.07, 6.45) is 9.86. The van der Waals surface area contributed by atoms with Crippen LogP contribution in [0.4, 0.5) is 0 Å². The third-order valence-corrected chi connectivity index (χ3v) is 2.46. The first-order valence-corrected chi connectivity index (χ1v) is 5.26. The zero-order chi connectivity index (χ0) is 10.2. The van der Waals surface area contributed by atoms with E-state index in [0.717, 1.165) is 25.9 Å². The van der Waals surface area contributed by atoms with E-state index in [-0.39, 0.29) is 5.91 Å². The third kappa shape index (κ3) is 3.80. The summed E-state index contributed by atoms with van der Waals surface area (Å²) in [5.74, 6) is 2.64. The first-order chi connectivity index (χ1) is 6.84. The summed E-state index contributed by atoms with van der Waals surface area (Å²) in [6.45, 7) is 2.68. The fourth-order valence-corrected chi connectivity index (χ4v) is 1.67. The Morgan fingerprint density at radius 1 is 1.29 bits per heavy atom. The van der Waals surface area contributed by atoms with E-state index >= 15 is 0 Å². The van der Waals surface area contributed by atoms with Gasteiger partial charge in [0.25, 0.3) is 0 Å². The van der Waals surface area contributed by atoms with Gasteiger partial charge in [-0.15, -0.1) is 6.42 Å². The number of likely N-dealkylation sites (tertiary alicyclic amines) is 1. The second kappa shape index (κ2) is 6.44. The lowest BCUT2D eigenvalue weighted by molar-refractivity contribution is -0.130. The predicted octanol–water partition coefficient (Wildman–Crippen LogP) is 0.612. The molecule has 0 spiro atoms. The maximum atomic E-state index is 11.6. The van der Waals surface area contributed by atoms with E-state index in [1.165, 1.54) is 12.8 Å². The molecule has 0 aromatic carbocycles. The lowest BCUT2D eigenvalue weighted by Crippen LogP contribution is -2.38. The highest BCUT2D eigenvalue weighted by atomic mass is 16.2. The molecule has 1 aliphatic rings. The molecule has 0 saturated carbocycles. The Kier molecular flexibility index (Phi) is 5.09.